The smallest absolute Gasteiger partial charge is 0.344 e. The summed E-state index contributed by atoms with van der Waals surface area (Å²) in [6.45, 7) is 4.33. The predicted molar refractivity (Wildman–Crippen MR) is 68.2 cm³/mol. The van der Waals surface area contributed by atoms with E-state index in [0.717, 1.165) is 0 Å². The van der Waals surface area contributed by atoms with Gasteiger partial charge in [0.05, 0.1) is 11.5 Å². The van der Waals surface area contributed by atoms with Crippen LogP contribution in [0.3, 0.4) is 0 Å². The SMILES string of the molecule is CCOC(=O)C1(O)c2ccccc2S(=O)(=O)C1(C)C. The molecule has 0 saturated carbocycles. The number of sulfone groups is 1. The molecular formula is C13H16O5S. The van der Waals surface area contributed by atoms with Gasteiger partial charge in [-0.1, -0.05) is 18.2 Å². The molecule has 1 aliphatic rings. The van der Waals surface area contributed by atoms with E-state index in [9.17, 15) is 18.3 Å². The van der Waals surface area contributed by atoms with Gasteiger partial charge in [0.2, 0.25) is 5.60 Å². The molecular weight excluding hydrogens is 268 g/mol. The van der Waals surface area contributed by atoms with Crippen molar-refractivity contribution in [2.24, 2.45) is 0 Å². The fraction of sp³-hybridized carbons (Fsp3) is 0.462. The molecule has 0 fully saturated rings. The minimum absolute atomic E-state index is 0.0180. The summed E-state index contributed by atoms with van der Waals surface area (Å²) < 4.78 is 28.1. The average molecular weight is 284 g/mol. The molecule has 0 aromatic heterocycles. The Balaban J connectivity index is 2.79. The summed E-state index contributed by atoms with van der Waals surface area (Å²) in [5.41, 5.74) is -2.10. The number of esters is 1. The van der Waals surface area contributed by atoms with Gasteiger partial charge in [0.15, 0.2) is 9.84 Å². The highest BCUT2D eigenvalue weighted by molar-refractivity contribution is 7.93. The molecule has 5 nitrogen and oxygen atoms in total. The van der Waals surface area contributed by atoms with Crippen LogP contribution in [0.25, 0.3) is 0 Å². The molecule has 1 N–H and O–H groups in total. The van der Waals surface area contributed by atoms with Crippen molar-refractivity contribution < 1.29 is 23.1 Å². The van der Waals surface area contributed by atoms with Crippen molar-refractivity contribution in [2.45, 2.75) is 36.0 Å². The molecule has 104 valence electrons. The van der Waals surface area contributed by atoms with Crippen LogP contribution in [0, 0.1) is 0 Å². The second-order valence-corrected chi connectivity index (χ2v) is 7.41. The Hall–Kier alpha value is -1.40. The Labute approximate surface area is 112 Å². The zero-order chi connectivity index (χ0) is 14.5. The quantitative estimate of drug-likeness (QED) is 0.820. The van der Waals surface area contributed by atoms with Crippen molar-refractivity contribution in [1.82, 2.24) is 0 Å². The summed E-state index contributed by atoms with van der Waals surface area (Å²) in [4.78, 5) is 12.1. The van der Waals surface area contributed by atoms with Crippen LogP contribution in [0.5, 0.6) is 0 Å². The highest BCUT2D eigenvalue weighted by atomic mass is 32.2. The van der Waals surface area contributed by atoms with Crippen molar-refractivity contribution in [3.63, 3.8) is 0 Å². The van der Waals surface area contributed by atoms with Crippen molar-refractivity contribution >= 4 is 15.8 Å². The third-order valence-electron chi connectivity index (χ3n) is 3.68. The van der Waals surface area contributed by atoms with Crippen LogP contribution in [0.4, 0.5) is 0 Å². The Morgan fingerprint density at radius 1 is 1.32 bits per heavy atom. The monoisotopic (exact) mass is 284 g/mol. The van der Waals surface area contributed by atoms with Gasteiger partial charge in [0, 0.05) is 5.56 Å². The highest BCUT2D eigenvalue weighted by Crippen LogP contribution is 2.51. The van der Waals surface area contributed by atoms with Gasteiger partial charge in [0.25, 0.3) is 0 Å². The lowest BCUT2D eigenvalue weighted by atomic mass is 9.83. The minimum Gasteiger partial charge on any atom is -0.464 e. The molecule has 1 aliphatic heterocycles. The third-order valence-corrected chi connectivity index (χ3v) is 6.25. The Morgan fingerprint density at radius 2 is 1.89 bits per heavy atom. The molecule has 0 spiro atoms. The van der Waals surface area contributed by atoms with Gasteiger partial charge < -0.3 is 9.84 Å². The largest absolute Gasteiger partial charge is 0.464 e. The fourth-order valence-corrected chi connectivity index (χ4v) is 4.28. The lowest BCUT2D eigenvalue weighted by molar-refractivity contribution is -0.169. The number of fused-ring (bicyclic) bond motifs is 1. The van der Waals surface area contributed by atoms with Crippen LogP contribution in [0.1, 0.15) is 26.3 Å². The standard InChI is InChI=1S/C13H16O5S/c1-4-18-11(14)13(15)9-7-5-6-8-10(9)19(16,17)12(13,2)3/h5-8,15H,4H2,1-3H3. The van der Waals surface area contributed by atoms with Gasteiger partial charge in [-0.15, -0.1) is 0 Å². The molecule has 0 saturated heterocycles. The first-order valence-corrected chi connectivity index (χ1v) is 7.43. The van der Waals surface area contributed by atoms with Crippen molar-refractivity contribution in [3.05, 3.63) is 29.8 Å². The zero-order valence-corrected chi connectivity index (χ0v) is 11.8. The van der Waals surface area contributed by atoms with Gasteiger partial charge in [-0.2, -0.15) is 0 Å². The molecule has 0 bridgehead atoms. The van der Waals surface area contributed by atoms with Crippen LogP contribution >= 0.6 is 0 Å². The number of carbonyl (C=O) groups excluding carboxylic acids is 1. The predicted octanol–water partition coefficient (Wildman–Crippen LogP) is 1.00. The molecule has 1 atom stereocenters. The van der Waals surface area contributed by atoms with Gasteiger partial charge >= 0.3 is 5.97 Å². The maximum atomic E-state index is 12.5. The van der Waals surface area contributed by atoms with E-state index in [2.05, 4.69) is 0 Å². The van der Waals surface area contributed by atoms with Crippen LogP contribution in [0.2, 0.25) is 0 Å². The highest BCUT2D eigenvalue weighted by Gasteiger charge is 2.66. The van der Waals surface area contributed by atoms with Gasteiger partial charge in [0.1, 0.15) is 4.75 Å². The van der Waals surface area contributed by atoms with Crippen LogP contribution < -0.4 is 0 Å². The Morgan fingerprint density at radius 3 is 2.47 bits per heavy atom. The summed E-state index contributed by atoms with van der Waals surface area (Å²) in [6, 6.07) is 5.98. The fourth-order valence-electron chi connectivity index (χ4n) is 2.38. The maximum Gasteiger partial charge on any atom is 0.344 e. The Kier molecular flexibility index (Phi) is 2.98. The first kappa shape index (κ1) is 14.0. The molecule has 0 amide bonds. The second-order valence-electron chi connectivity index (χ2n) is 4.94. The molecule has 1 aromatic carbocycles. The van der Waals surface area contributed by atoms with Crippen molar-refractivity contribution in [3.8, 4) is 0 Å². The summed E-state index contributed by atoms with van der Waals surface area (Å²) in [7, 11) is -3.81. The minimum atomic E-state index is -3.81. The average Bonchev–Trinajstić information content (AvgIpc) is 2.48. The van der Waals surface area contributed by atoms with Gasteiger partial charge in [-0.25, -0.2) is 13.2 Å². The van der Waals surface area contributed by atoms with Crippen LogP contribution in [0.15, 0.2) is 29.2 Å². The number of carbonyl (C=O) groups is 1. The summed E-state index contributed by atoms with van der Waals surface area (Å²) in [5.74, 6) is -0.937. The van der Waals surface area contributed by atoms with E-state index in [1.165, 1.54) is 26.0 Å². The normalized spacial score (nSPS) is 26.7. The molecule has 6 heteroatoms. The van der Waals surface area contributed by atoms with E-state index < -0.39 is 26.2 Å². The third kappa shape index (κ3) is 1.50. The second kappa shape index (κ2) is 4.05. The Bertz CT molecular complexity index is 632. The maximum absolute atomic E-state index is 12.5. The summed E-state index contributed by atoms with van der Waals surface area (Å²) in [5, 5.41) is 10.8. The number of hydrogen-bond donors (Lipinski definition) is 1. The molecule has 0 radical (unpaired) electrons. The number of rotatable bonds is 2. The van der Waals surface area contributed by atoms with E-state index >= 15 is 0 Å². The lowest BCUT2D eigenvalue weighted by Crippen LogP contribution is -2.53. The van der Waals surface area contributed by atoms with Gasteiger partial charge in [-0.3, -0.25) is 0 Å². The molecule has 1 unspecified atom stereocenters. The van der Waals surface area contributed by atoms with E-state index in [1.54, 1.807) is 19.1 Å². The first-order chi connectivity index (χ1) is 8.71. The lowest BCUT2D eigenvalue weighted by Gasteiger charge is -2.33. The molecule has 1 heterocycles. The van der Waals surface area contributed by atoms with Gasteiger partial charge in [-0.05, 0) is 26.8 Å². The number of aliphatic hydroxyl groups is 1. The van der Waals surface area contributed by atoms with Crippen molar-refractivity contribution in [1.29, 1.82) is 0 Å². The van der Waals surface area contributed by atoms with Crippen LogP contribution in [-0.2, 0) is 25.0 Å². The summed E-state index contributed by atoms with van der Waals surface area (Å²) >= 11 is 0. The first-order valence-electron chi connectivity index (χ1n) is 5.95. The van der Waals surface area contributed by atoms with Crippen molar-refractivity contribution in [2.75, 3.05) is 6.61 Å². The van der Waals surface area contributed by atoms with E-state index in [4.69, 9.17) is 4.74 Å². The molecule has 2 rings (SSSR count). The van der Waals surface area contributed by atoms with E-state index in [-0.39, 0.29) is 17.1 Å². The van der Waals surface area contributed by atoms with E-state index in [1.807, 2.05) is 0 Å². The topological polar surface area (TPSA) is 80.7 Å². The van der Waals surface area contributed by atoms with Crippen LogP contribution in [-0.4, -0.2) is 30.8 Å². The number of hydrogen-bond acceptors (Lipinski definition) is 5. The molecule has 1 aromatic rings. The summed E-state index contributed by atoms with van der Waals surface area (Å²) in [6.07, 6.45) is 0. The number of benzene rings is 1. The molecule has 0 aliphatic carbocycles. The van der Waals surface area contributed by atoms with E-state index in [0.29, 0.717) is 0 Å². The number of ether oxygens (including phenoxy) is 1. The zero-order valence-electron chi connectivity index (χ0n) is 11.0. The molecule has 19 heavy (non-hydrogen) atoms.